The van der Waals surface area contributed by atoms with Gasteiger partial charge in [0, 0.05) is 5.41 Å². The van der Waals surface area contributed by atoms with Gasteiger partial charge >= 0.3 is 0 Å². The SMILES string of the molecule is CC1(C)c2cccc3c2c(cc2ccccc23)-c2ccc3ccc4ccccc4c3c21. The lowest BCUT2D eigenvalue weighted by atomic mass is 9.66. The Hall–Kier alpha value is -3.64. The highest BCUT2D eigenvalue weighted by Gasteiger charge is 2.35. The van der Waals surface area contributed by atoms with Crippen LogP contribution in [0.1, 0.15) is 25.0 Å². The molecule has 0 amide bonds. The first-order chi connectivity index (χ1) is 15.1. The summed E-state index contributed by atoms with van der Waals surface area (Å²) in [6.07, 6.45) is 0. The molecule has 31 heavy (non-hydrogen) atoms. The standard InChI is InChI=1S/C31H22/c1-31(2)27-13-7-12-24-22-10-5-4-9-21(22)18-26(29(24)27)25-17-16-20-15-14-19-8-3-6-11-23(19)28(20)30(25)31/h3-18H,1-2H3. The summed E-state index contributed by atoms with van der Waals surface area (Å²) in [4.78, 5) is 0. The zero-order chi connectivity index (χ0) is 20.7. The molecule has 0 unspecified atom stereocenters. The molecule has 0 heteroatoms. The Morgan fingerprint density at radius 2 is 1.16 bits per heavy atom. The van der Waals surface area contributed by atoms with Gasteiger partial charge in [-0.05, 0) is 71.4 Å². The molecule has 0 fully saturated rings. The Morgan fingerprint density at radius 3 is 2.03 bits per heavy atom. The van der Waals surface area contributed by atoms with Crippen LogP contribution in [0.3, 0.4) is 0 Å². The molecule has 0 saturated heterocycles. The molecule has 0 bridgehead atoms. The fourth-order valence-electron chi connectivity index (χ4n) is 6.00. The van der Waals surface area contributed by atoms with Crippen LogP contribution < -0.4 is 0 Å². The van der Waals surface area contributed by atoms with Crippen LogP contribution >= 0.6 is 0 Å². The lowest BCUT2D eigenvalue weighted by Gasteiger charge is -2.37. The van der Waals surface area contributed by atoms with Crippen molar-refractivity contribution in [3.8, 4) is 11.1 Å². The normalized spacial score (nSPS) is 14.4. The van der Waals surface area contributed by atoms with Gasteiger partial charge in [-0.2, -0.15) is 0 Å². The van der Waals surface area contributed by atoms with E-state index in [-0.39, 0.29) is 5.41 Å². The minimum Gasteiger partial charge on any atom is -0.0616 e. The fraction of sp³-hybridized carbons (Fsp3) is 0.0968. The van der Waals surface area contributed by atoms with E-state index in [1.807, 2.05) is 0 Å². The van der Waals surface area contributed by atoms with E-state index in [0.29, 0.717) is 0 Å². The summed E-state index contributed by atoms with van der Waals surface area (Å²) in [7, 11) is 0. The first-order valence-corrected chi connectivity index (χ1v) is 11.0. The van der Waals surface area contributed by atoms with Crippen LogP contribution in [0.15, 0.2) is 97.1 Å². The summed E-state index contributed by atoms with van der Waals surface area (Å²) in [6, 6.07) is 36.1. The molecule has 0 saturated carbocycles. The highest BCUT2D eigenvalue weighted by atomic mass is 14.4. The topological polar surface area (TPSA) is 0 Å². The van der Waals surface area contributed by atoms with Crippen LogP contribution in [0.5, 0.6) is 0 Å². The van der Waals surface area contributed by atoms with Gasteiger partial charge in [0.25, 0.3) is 0 Å². The zero-order valence-electron chi connectivity index (χ0n) is 17.7. The van der Waals surface area contributed by atoms with Crippen molar-refractivity contribution in [2.24, 2.45) is 0 Å². The van der Waals surface area contributed by atoms with Crippen molar-refractivity contribution in [3.63, 3.8) is 0 Å². The molecule has 0 aliphatic heterocycles. The van der Waals surface area contributed by atoms with Gasteiger partial charge in [0.2, 0.25) is 0 Å². The largest absolute Gasteiger partial charge is 0.0616 e. The number of benzene rings is 6. The van der Waals surface area contributed by atoms with Crippen LogP contribution in [0, 0.1) is 0 Å². The maximum absolute atomic E-state index is 2.41. The van der Waals surface area contributed by atoms with Crippen molar-refractivity contribution < 1.29 is 0 Å². The van der Waals surface area contributed by atoms with E-state index >= 15 is 0 Å². The molecular formula is C31H22. The van der Waals surface area contributed by atoms with Crippen LogP contribution in [0.4, 0.5) is 0 Å². The number of hydrogen-bond donors (Lipinski definition) is 0. The van der Waals surface area contributed by atoms with Crippen molar-refractivity contribution in [1.82, 2.24) is 0 Å². The van der Waals surface area contributed by atoms with E-state index in [1.165, 1.54) is 65.3 Å². The Balaban J connectivity index is 1.77. The fourth-order valence-corrected chi connectivity index (χ4v) is 6.00. The van der Waals surface area contributed by atoms with E-state index in [2.05, 4.69) is 111 Å². The smallest absolute Gasteiger partial charge is 0.0165 e. The minimum absolute atomic E-state index is 0.0894. The molecule has 0 nitrogen and oxygen atoms in total. The molecule has 0 heterocycles. The summed E-state index contributed by atoms with van der Waals surface area (Å²) in [5.74, 6) is 0. The zero-order valence-corrected chi connectivity index (χ0v) is 17.7. The summed E-state index contributed by atoms with van der Waals surface area (Å²) in [6.45, 7) is 4.81. The number of rotatable bonds is 0. The van der Waals surface area contributed by atoms with Gasteiger partial charge in [-0.3, -0.25) is 0 Å². The summed E-state index contributed by atoms with van der Waals surface area (Å²) >= 11 is 0. The maximum Gasteiger partial charge on any atom is 0.0165 e. The third-order valence-electron chi connectivity index (χ3n) is 7.38. The lowest BCUT2D eigenvalue weighted by Crippen LogP contribution is -2.24. The van der Waals surface area contributed by atoms with Gasteiger partial charge in [-0.25, -0.2) is 0 Å². The Kier molecular flexibility index (Phi) is 3.16. The molecule has 0 N–H and O–H groups in total. The summed E-state index contributed by atoms with van der Waals surface area (Å²) in [5.41, 5.74) is 5.54. The van der Waals surface area contributed by atoms with Crippen LogP contribution in [-0.2, 0) is 5.41 Å². The molecule has 1 aliphatic carbocycles. The monoisotopic (exact) mass is 394 g/mol. The van der Waals surface area contributed by atoms with Crippen molar-refractivity contribution >= 4 is 43.1 Å². The Labute approximate surface area is 181 Å². The average molecular weight is 395 g/mol. The maximum atomic E-state index is 2.41. The molecule has 0 spiro atoms. The molecule has 7 rings (SSSR count). The van der Waals surface area contributed by atoms with Crippen molar-refractivity contribution in [2.75, 3.05) is 0 Å². The van der Waals surface area contributed by atoms with Crippen molar-refractivity contribution in [3.05, 3.63) is 108 Å². The lowest BCUT2D eigenvalue weighted by molar-refractivity contribution is 0.652. The van der Waals surface area contributed by atoms with E-state index in [4.69, 9.17) is 0 Å². The number of fused-ring (bicyclic) bond motifs is 8. The summed E-state index contributed by atoms with van der Waals surface area (Å²) < 4.78 is 0. The molecule has 146 valence electrons. The summed E-state index contributed by atoms with van der Waals surface area (Å²) in [5, 5.41) is 10.8. The quantitative estimate of drug-likeness (QED) is 0.226. The molecular weight excluding hydrogens is 372 g/mol. The van der Waals surface area contributed by atoms with E-state index < -0.39 is 0 Å². The second kappa shape index (κ2) is 5.74. The van der Waals surface area contributed by atoms with Gasteiger partial charge < -0.3 is 0 Å². The van der Waals surface area contributed by atoms with Crippen molar-refractivity contribution in [2.45, 2.75) is 19.3 Å². The second-order valence-electron chi connectivity index (χ2n) is 9.37. The third-order valence-corrected chi connectivity index (χ3v) is 7.38. The van der Waals surface area contributed by atoms with Crippen LogP contribution in [0.25, 0.3) is 54.2 Å². The van der Waals surface area contributed by atoms with Crippen LogP contribution in [-0.4, -0.2) is 0 Å². The molecule has 1 aliphatic rings. The van der Waals surface area contributed by atoms with Crippen molar-refractivity contribution in [1.29, 1.82) is 0 Å². The van der Waals surface area contributed by atoms with Crippen LogP contribution in [0.2, 0.25) is 0 Å². The molecule has 0 radical (unpaired) electrons. The van der Waals surface area contributed by atoms with E-state index in [0.717, 1.165) is 0 Å². The minimum atomic E-state index is -0.0894. The predicted molar refractivity (Wildman–Crippen MR) is 134 cm³/mol. The third kappa shape index (κ3) is 2.10. The molecule has 6 aromatic rings. The van der Waals surface area contributed by atoms with Gasteiger partial charge in [0.15, 0.2) is 0 Å². The number of hydrogen-bond acceptors (Lipinski definition) is 0. The average Bonchev–Trinajstić information content (AvgIpc) is 2.81. The van der Waals surface area contributed by atoms with Gasteiger partial charge in [-0.15, -0.1) is 0 Å². The van der Waals surface area contributed by atoms with Gasteiger partial charge in [0.05, 0.1) is 0 Å². The van der Waals surface area contributed by atoms with E-state index in [1.54, 1.807) is 0 Å². The molecule has 0 aromatic heterocycles. The molecule has 0 atom stereocenters. The second-order valence-corrected chi connectivity index (χ2v) is 9.37. The first-order valence-electron chi connectivity index (χ1n) is 11.0. The highest BCUT2D eigenvalue weighted by molar-refractivity contribution is 6.19. The predicted octanol–water partition coefficient (Wildman–Crippen LogP) is 8.61. The van der Waals surface area contributed by atoms with Gasteiger partial charge in [-0.1, -0.05) is 105 Å². The Morgan fingerprint density at radius 1 is 0.484 bits per heavy atom. The van der Waals surface area contributed by atoms with Gasteiger partial charge in [0.1, 0.15) is 0 Å². The highest BCUT2D eigenvalue weighted by Crippen LogP contribution is 2.53. The first kappa shape index (κ1) is 17.1. The Bertz CT molecular complexity index is 1700. The molecule has 6 aromatic carbocycles. The van der Waals surface area contributed by atoms with E-state index in [9.17, 15) is 0 Å².